The van der Waals surface area contributed by atoms with E-state index in [4.69, 9.17) is 4.74 Å². The van der Waals surface area contributed by atoms with Crippen LogP contribution in [-0.2, 0) is 4.74 Å². The monoisotopic (exact) mass is 314 g/mol. The van der Waals surface area contributed by atoms with Gasteiger partial charge in [0.1, 0.15) is 0 Å². The molecule has 2 aliphatic heterocycles. The maximum Gasteiger partial charge on any atom is 0.225 e. The summed E-state index contributed by atoms with van der Waals surface area (Å²) < 4.78 is 5.47. The molecule has 1 aromatic rings. The van der Waals surface area contributed by atoms with Crippen molar-refractivity contribution in [1.82, 2.24) is 14.9 Å². The number of nitrogens with zero attached hydrogens (tertiary/aromatic N) is 4. The fourth-order valence-electron chi connectivity index (χ4n) is 4.17. The van der Waals surface area contributed by atoms with Crippen LogP contribution in [0.25, 0.3) is 0 Å². The summed E-state index contributed by atoms with van der Waals surface area (Å²) in [6.45, 7) is 6.08. The van der Waals surface area contributed by atoms with Crippen molar-refractivity contribution in [3.63, 3.8) is 0 Å². The third kappa shape index (κ3) is 3.26. The van der Waals surface area contributed by atoms with Crippen LogP contribution in [0.4, 0.5) is 5.95 Å². The Bertz CT molecular complexity index is 533. The molecule has 2 saturated heterocycles. The van der Waals surface area contributed by atoms with Crippen LogP contribution in [0.1, 0.15) is 25.7 Å². The summed E-state index contributed by atoms with van der Waals surface area (Å²) in [6.07, 6.45) is 13.7. The smallest absolute Gasteiger partial charge is 0.225 e. The predicted molar refractivity (Wildman–Crippen MR) is 90.5 cm³/mol. The molecule has 5 heteroatoms. The quantitative estimate of drug-likeness (QED) is 0.782. The van der Waals surface area contributed by atoms with Crippen LogP contribution >= 0.6 is 0 Å². The van der Waals surface area contributed by atoms with E-state index >= 15 is 0 Å². The number of ether oxygens (including phenoxy) is 1. The van der Waals surface area contributed by atoms with Gasteiger partial charge in [0.15, 0.2) is 0 Å². The molecule has 0 amide bonds. The second kappa shape index (κ2) is 6.57. The zero-order valence-electron chi connectivity index (χ0n) is 13.7. The van der Waals surface area contributed by atoms with Gasteiger partial charge in [-0.2, -0.15) is 0 Å². The van der Waals surface area contributed by atoms with Crippen LogP contribution in [-0.4, -0.2) is 60.3 Å². The standard InChI is InChI=1S/C18H26N4O/c1-8-19-17(20-9-1)22-10-6-18(7-11-22)4-2-16(3-5-18)21-12-14-23-15-13-21/h1-2,4,8-9,16H,3,5-7,10-15H2/t16-/m1/s1. The molecular formula is C18H26N4O. The van der Waals surface area contributed by atoms with Crippen molar-refractivity contribution in [2.45, 2.75) is 31.7 Å². The fourth-order valence-corrected chi connectivity index (χ4v) is 4.17. The molecule has 1 aromatic heterocycles. The van der Waals surface area contributed by atoms with E-state index in [2.05, 4.69) is 31.9 Å². The summed E-state index contributed by atoms with van der Waals surface area (Å²) in [5, 5.41) is 0. The van der Waals surface area contributed by atoms with Gasteiger partial charge in [0.05, 0.1) is 13.2 Å². The number of morpholine rings is 1. The number of hydrogen-bond donors (Lipinski definition) is 0. The van der Waals surface area contributed by atoms with Crippen molar-refractivity contribution in [3.8, 4) is 0 Å². The first-order chi connectivity index (χ1) is 11.3. The van der Waals surface area contributed by atoms with Gasteiger partial charge in [-0.15, -0.1) is 0 Å². The Balaban J connectivity index is 1.36. The number of aromatic nitrogens is 2. The van der Waals surface area contributed by atoms with Crippen molar-refractivity contribution in [1.29, 1.82) is 0 Å². The molecule has 1 spiro atoms. The lowest BCUT2D eigenvalue weighted by molar-refractivity contribution is 0.0196. The van der Waals surface area contributed by atoms with Crippen molar-refractivity contribution in [2.24, 2.45) is 5.41 Å². The molecule has 3 heterocycles. The molecule has 23 heavy (non-hydrogen) atoms. The molecule has 3 aliphatic rings. The Hall–Kier alpha value is -1.46. The van der Waals surface area contributed by atoms with E-state index in [1.54, 1.807) is 0 Å². The first-order valence-electron chi connectivity index (χ1n) is 8.88. The largest absolute Gasteiger partial charge is 0.379 e. The van der Waals surface area contributed by atoms with Crippen LogP contribution in [0.3, 0.4) is 0 Å². The molecule has 0 N–H and O–H groups in total. The third-order valence-electron chi connectivity index (χ3n) is 5.72. The fraction of sp³-hybridized carbons (Fsp3) is 0.667. The summed E-state index contributed by atoms with van der Waals surface area (Å²) in [4.78, 5) is 13.7. The van der Waals surface area contributed by atoms with Crippen LogP contribution in [0.2, 0.25) is 0 Å². The van der Waals surface area contributed by atoms with Gasteiger partial charge in [0, 0.05) is 44.6 Å². The van der Waals surface area contributed by atoms with Crippen LogP contribution in [0.5, 0.6) is 0 Å². The first-order valence-corrected chi connectivity index (χ1v) is 8.88. The molecule has 1 atom stereocenters. The van der Waals surface area contributed by atoms with Gasteiger partial charge < -0.3 is 9.64 Å². The van der Waals surface area contributed by atoms with Crippen molar-refractivity contribution >= 4 is 5.95 Å². The van der Waals surface area contributed by atoms with Crippen molar-refractivity contribution < 1.29 is 4.74 Å². The lowest BCUT2D eigenvalue weighted by Crippen LogP contribution is -2.46. The average molecular weight is 314 g/mol. The SMILES string of the molecule is C1=CC2(CC[C@@H]1N1CCOCC1)CCN(c1ncccn1)CC2. The number of rotatable bonds is 2. The minimum atomic E-state index is 0.411. The maximum absolute atomic E-state index is 5.47. The lowest BCUT2D eigenvalue weighted by atomic mass is 9.71. The van der Waals surface area contributed by atoms with Crippen molar-refractivity contribution in [3.05, 3.63) is 30.6 Å². The maximum atomic E-state index is 5.47. The minimum Gasteiger partial charge on any atom is -0.379 e. The molecule has 0 radical (unpaired) electrons. The topological polar surface area (TPSA) is 41.5 Å². The molecule has 1 aliphatic carbocycles. The Morgan fingerprint density at radius 2 is 1.74 bits per heavy atom. The molecule has 0 aromatic carbocycles. The first kappa shape index (κ1) is 15.1. The molecule has 124 valence electrons. The highest BCUT2D eigenvalue weighted by molar-refractivity contribution is 5.30. The van der Waals surface area contributed by atoms with Crippen LogP contribution < -0.4 is 4.90 Å². The summed E-state index contributed by atoms with van der Waals surface area (Å²) in [6, 6.07) is 2.50. The zero-order valence-corrected chi connectivity index (χ0v) is 13.7. The highest BCUT2D eigenvalue weighted by Crippen LogP contribution is 2.42. The van der Waals surface area contributed by atoms with Gasteiger partial charge in [-0.25, -0.2) is 9.97 Å². The van der Waals surface area contributed by atoms with E-state index in [1.807, 2.05) is 18.5 Å². The third-order valence-corrected chi connectivity index (χ3v) is 5.72. The van der Waals surface area contributed by atoms with Crippen molar-refractivity contribution in [2.75, 3.05) is 44.3 Å². The van der Waals surface area contributed by atoms with Gasteiger partial charge in [0.25, 0.3) is 0 Å². The molecule has 2 fully saturated rings. The normalized spacial score (nSPS) is 28.2. The van der Waals surface area contributed by atoms with E-state index in [0.717, 1.165) is 45.3 Å². The molecule has 0 saturated carbocycles. The van der Waals surface area contributed by atoms with E-state index in [1.165, 1.54) is 25.7 Å². The Labute approximate surface area is 138 Å². The zero-order chi connectivity index (χ0) is 15.5. The summed E-state index contributed by atoms with van der Waals surface area (Å²) in [5.74, 6) is 0.883. The highest BCUT2D eigenvalue weighted by Gasteiger charge is 2.36. The van der Waals surface area contributed by atoms with E-state index < -0.39 is 0 Å². The predicted octanol–water partition coefficient (Wildman–Crippen LogP) is 2.11. The summed E-state index contributed by atoms with van der Waals surface area (Å²) in [5.41, 5.74) is 0.411. The van der Waals surface area contributed by atoms with E-state index in [9.17, 15) is 0 Å². The van der Waals surface area contributed by atoms with Crippen LogP contribution in [0.15, 0.2) is 30.6 Å². The second-order valence-corrected chi connectivity index (χ2v) is 7.01. The Morgan fingerprint density at radius 1 is 1.00 bits per heavy atom. The molecule has 0 bridgehead atoms. The highest BCUT2D eigenvalue weighted by atomic mass is 16.5. The average Bonchev–Trinajstić information content (AvgIpc) is 2.65. The number of piperidine rings is 1. The number of allylic oxidation sites excluding steroid dienone is 1. The number of anilines is 1. The van der Waals surface area contributed by atoms with E-state index in [0.29, 0.717) is 11.5 Å². The number of hydrogen-bond acceptors (Lipinski definition) is 5. The summed E-state index contributed by atoms with van der Waals surface area (Å²) in [7, 11) is 0. The van der Waals surface area contributed by atoms with Gasteiger partial charge in [-0.05, 0) is 37.2 Å². The minimum absolute atomic E-state index is 0.411. The second-order valence-electron chi connectivity index (χ2n) is 7.01. The molecule has 4 rings (SSSR count). The van der Waals surface area contributed by atoms with Gasteiger partial charge >= 0.3 is 0 Å². The van der Waals surface area contributed by atoms with Gasteiger partial charge in [-0.1, -0.05) is 12.2 Å². The molecule has 0 unspecified atom stereocenters. The molecular weight excluding hydrogens is 288 g/mol. The van der Waals surface area contributed by atoms with E-state index in [-0.39, 0.29) is 0 Å². The Kier molecular flexibility index (Phi) is 4.31. The van der Waals surface area contributed by atoms with Gasteiger partial charge in [0.2, 0.25) is 5.95 Å². The van der Waals surface area contributed by atoms with Crippen LogP contribution in [0, 0.1) is 5.41 Å². The lowest BCUT2D eigenvalue weighted by Gasteiger charge is -2.44. The van der Waals surface area contributed by atoms with Gasteiger partial charge in [-0.3, -0.25) is 4.90 Å². The molecule has 5 nitrogen and oxygen atoms in total. The summed E-state index contributed by atoms with van der Waals surface area (Å²) >= 11 is 0. The Morgan fingerprint density at radius 3 is 2.39 bits per heavy atom.